The van der Waals surface area contributed by atoms with Crippen molar-refractivity contribution < 1.29 is 27.2 Å². The van der Waals surface area contributed by atoms with E-state index in [-0.39, 0.29) is 53.7 Å². The topological polar surface area (TPSA) is 109 Å². The number of nitrogens with zero attached hydrogens (tertiary/aromatic N) is 2. The molecule has 1 fully saturated rings. The summed E-state index contributed by atoms with van der Waals surface area (Å²) in [4.78, 5) is 25.6. The van der Waals surface area contributed by atoms with E-state index in [9.17, 15) is 18.0 Å². The van der Waals surface area contributed by atoms with Gasteiger partial charge in [-0.15, -0.1) is 0 Å². The molecule has 2 amide bonds. The van der Waals surface area contributed by atoms with Gasteiger partial charge in [-0.25, -0.2) is 8.42 Å². The first-order valence-electron chi connectivity index (χ1n) is 9.57. The fourth-order valence-corrected chi connectivity index (χ4v) is 5.28. The molecule has 2 aromatic rings. The molecule has 2 aliphatic rings. The molecule has 1 N–H and O–H groups in total. The lowest BCUT2D eigenvalue weighted by Gasteiger charge is -2.34. The van der Waals surface area contributed by atoms with E-state index in [1.807, 2.05) is 0 Å². The quantitative estimate of drug-likeness (QED) is 0.693. The zero-order valence-electron chi connectivity index (χ0n) is 16.6. The third-order valence-electron chi connectivity index (χ3n) is 5.07. The molecule has 0 aliphatic carbocycles. The maximum absolute atomic E-state index is 13.2. The number of hydrogen-bond acceptors (Lipinski definition) is 6. The number of sulfonamides is 1. The molecule has 1 aromatic heterocycles. The average Bonchev–Trinajstić information content (AvgIpc) is 3.26. The van der Waals surface area contributed by atoms with E-state index in [1.54, 1.807) is 30.0 Å². The zero-order chi connectivity index (χ0) is 22.2. The second-order valence-corrected chi connectivity index (χ2v) is 9.42. The van der Waals surface area contributed by atoms with Gasteiger partial charge in [0.15, 0.2) is 6.10 Å². The molecular formula is C20H20ClN3O6S. The van der Waals surface area contributed by atoms with Gasteiger partial charge in [-0.1, -0.05) is 11.6 Å². The van der Waals surface area contributed by atoms with Crippen molar-refractivity contribution in [3.63, 3.8) is 0 Å². The first-order chi connectivity index (χ1) is 14.8. The number of amides is 2. The second-order valence-electron chi connectivity index (χ2n) is 7.11. The summed E-state index contributed by atoms with van der Waals surface area (Å²) >= 11 is 6.22. The van der Waals surface area contributed by atoms with Crippen LogP contribution in [0.15, 0.2) is 45.9 Å². The number of piperazine rings is 1. The molecule has 31 heavy (non-hydrogen) atoms. The molecule has 3 heterocycles. The lowest BCUT2D eigenvalue weighted by molar-refractivity contribution is -0.127. The molecule has 1 saturated heterocycles. The van der Waals surface area contributed by atoms with E-state index in [2.05, 4.69) is 5.32 Å². The van der Waals surface area contributed by atoms with Gasteiger partial charge < -0.3 is 19.4 Å². The van der Waals surface area contributed by atoms with Crippen LogP contribution in [0.3, 0.4) is 0 Å². The summed E-state index contributed by atoms with van der Waals surface area (Å²) in [6.45, 7) is 2.31. The minimum atomic E-state index is -3.92. The Morgan fingerprint density at radius 1 is 1.26 bits per heavy atom. The molecule has 2 aliphatic heterocycles. The van der Waals surface area contributed by atoms with Gasteiger partial charge in [-0.2, -0.15) is 4.31 Å². The number of ether oxygens (including phenoxy) is 1. The normalized spacial score (nSPS) is 19.7. The lowest BCUT2D eigenvalue weighted by Crippen LogP contribution is -2.50. The standard InChI is InChI=1S/C20H20ClN3O6S/c1-13-20(26)22-16-11-15(21)18(12-17(16)30-13)31(27,28)24-8-6-23(7-9-24)19(25)5-4-14-3-2-10-29-14/h2-5,10-13H,6-9H2,1H3,(H,22,26)/b5-4+/t13-/m0/s1. The number of nitrogens with one attached hydrogen (secondary N) is 1. The summed E-state index contributed by atoms with van der Waals surface area (Å²) in [5.74, 6) is 0.246. The summed E-state index contributed by atoms with van der Waals surface area (Å²) in [6, 6.07) is 6.14. The third-order valence-corrected chi connectivity index (χ3v) is 7.43. The van der Waals surface area contributed by atoms with Crippen LogP contribution in [0.25, 0.3) is 6.08 Å². The summed E-state index contributed by atoms with van der Waals surface area (Å²) < 4.78 is 38.3. The minimum Gasteiger partial charge on any atom is -0.479 e. The monoisotopic (exact) mass is 465 g/mol. The number of anilines is 1. The fraction of sp³-hybridized carbons (Fsp3) is 0.300. The zero-order valence-corrected chi connectivity index (χ0v) is 18.1. The molecule has 0 bridgehead atoms. The number of furan rings is 1. The Morgan fingerprint density at radius 2 is 2.00 bits per heavy atom. The number of carbonyl (C=O) groups is 2. The van der Waals surface area contributed by atoms with E-state index in [0.29, 0.717) is 11.4 Å². The summed E-state index contributed by atoms with van der Waals surface area (Å²) in [6.07, 6.45) is 3.74. The molecule has 4 rings (SSSR count). The lowest BCUT2D eigenvalue weighted by atomic mass is 10.2. The van der Waals surface area contributed by atoms with E-state index in [0.717, 1.165) is 0 Å². The Morgan fingerprint density at radius 3 is 2.68 bits per heavy atom. The Kier molecular flexibility index (Phi) is 5.78. The van der Waals surface area contributed by atoms with E-state index in [1.165, 1.54) is 28.8 Å². The SMILES string of the molecule is C[C@@H]1Oc2cc(S(=O)(=O)N3CCN(C(=O)/C=C/c4ccco4)CC3)c(Cl)cc2NC1=O. The predicted molar refractivity (Wildman–Crippen MR) is 113 cm³/mol. The third kappa shape index (κ3) is 4.32. The molecule has 11 heteroatoms. The van der Waals surface area contributed by atoms with Crippen LogP contribution in [-0.4, -0.2) is 61.7 Å². The van der Waals surface area contributed by atoms with Crippen LogP contribution in [0.2, 0.25) is 5.02 Å². The first-order valence-corrected chi connectivity index (χ1v) is 11.4. The molecule has 1 aromatic carbocycles. The Bertz CT molecular complexity index is 1140. The second kappa shape index (κ2) is 8.37. The van der Waals surface area contributed by atoms with Gasteiger partial charge in [0, 0.05) is 38.3 Å². The van der Waals surface area contributed by atoms with Crippen LogP contribution in [0, 0.1) is 0 Å². The van der Waals surface area contributed by atoms with Crippen molar-refractivity contribution in [1.82, 2.24) is 9.21 Å². The Labute approximate surface area is 184 Å². The Hall–Kier alpha value is -2.82. The molecule has 9 nitrogen and oxygen atoms in total. The van der Waals surface area contributed by atoms with Gasteiger partial charge in [-0.3, -0.25) is 9.59 Å². The number of fused-ring (bicyclic) bond motifs is 1. The van der Waals surface area contributed by atoms with Crippen molar-refractivity contribution in [2.75, 3.05) is 31.5 Å². The minimum absolute atomic E-state index is 0.0166. The smallest absolute Gasteiger partial charge is 0.265 e. The molecular weight excluding hydrogens is 446 g/mol. The Balaban J connectivity index is 1.46. The molecule has 0 radical (unpaired) electrons. The molecule has 164 valence electrons. The van der Waals surface area contributed by atoms with E-state index >= 15 is 0 Å². The van der Waals surface area contributed by atoms with Crippen LogP contribution in [0.5, 0.6) is 5.75 Å². The van der Waals surface area contributed by atoms with Gasteiger partial charge >= 0.3 is 0 Å². The summed E-state index contributed by atoms with van der Waals surface area (Å²) in [5.41, 5.74) is 0.325. The van der Waals surface area contributed by atoms with Crippen molar-refractivity contribution >= 4 is 45.2 Å². The highest BCUT2D eigenvalue weighted by Gasteiger charge is 2.33. The van der Waals surface area contributed by atoms with Crippen molar-refractivity contribution in [2.24, 2.45) is 0 Å². The number of carbonyl (C=O) groups excluding carboxylic acids is 2. The largest absolute Gasteiger partial charge is 0.479 e. The first kappa shape index (κ1) is 21.4. The van der Waals surface area contributed by atoms with Gasteiger partial charge in [0.2, 0.25) is 15.9 Å². The van der Waals surface area contributed by atoms with Crippen LogP contribution < -0.4 is 10.1 Å². The van der Waals surface area contributed by atoms with Crippen molar-refractivity contribution in [2.45, 2.75) is 17.9 Å². The summed E-state index contributed by atoms with van der Waals surface area (Å²) in [7, 11) is -3.92. The summed E-state index contributed by atoms with van der Waals surface area (Å²) in [5, 5.41) is 2.62. The fourth-order valence-electron chi connectivity index (χ4n) is 3.34. The van der Waals surface area contributed by atoms with Gasteiger partial charge in [0.1, 0.15) is 16.4 Å². The van der Waals surface area contributed by atoms with E-state index < -0.39 is 16.1 Å². The highest BCUT2D eigenvalue weighted by Crippen LogP contribution is 2.38. The predicted octanol–water partition coefficient (Wildman–Crippen LogP) is 2.20. The van der Waals surface area contributed by atoms with Crippen molar-refractivity contribution in [1.29, 1.82) is 0 Å². The maximum Gasteiger partial charge on any atom is 0.265 e. The van der Waals surface area contributed by atoms with Crippen LogP contribution >= 0.6 is 11.6 Å². The molecule has 0 saturated carbocycles. The highest BCUT2D eigenvalue weighted by molar-refractivity contribution is 7.89. The van der Waals surface area contributed by atoms with Crippen LogP contribution in [0.1, 0.15) is 12.7 Å². The molecule has 0 spiro atoms. The maximum atomic E-state index is 13.2. The van der Waals surface area contributed by atoms with Crippen molar-refractivity contribution in [3.05, 3.63) is 47.4 Å². The number of hydrogen-bond donors (Lipinski definition) is 1. The van der Waals surface area contributed by atoms with Crippen LogP contribution in [0.4, 0.5) is 5.69 Å². The number of halogens is 1. The van der Waals surface area contributed by atoms with Crippen LogP contribution in [-0.2, 0) is 19.6 Å². The van der Waals surface area contributed by atoms with Gasteiger partial charge in [0.25, 0.3) is 5.91 Å². The van der Waals surface area contributed by atoms with E-state index in [4.69, 9.17) is 20.8 Å². The molecule has 0 unspecified atom stereocenters. The number of rotatable bonds is 4. The average molecular weight is 466 g/mol. The molecule has 1 atom stereocenters. The van der Waals surface area contributed by atoms with Gasteiger partial charge in [0.05, 0.1) is 17.0 Å². The van der Waals surface area contributed by atoms with Gasteiger partial charge in [-0.05, 0) is 31.2 Å². The van der Waals surface area contributed by atoms with Crippen molar-refractivity contribution in [3.8, 4) is 5.75 Å². The highest BCUT2D eigenvalue weighted by atomic mass is 35.5. The number of benzene rings is 1.